The number of carbonyl (C=O) groups excluding carboxylic acids is 2. The topological polar surface area (TPSA) is 86.8 Å². The number of benzene rings is 2. The van der Waals surface area contributed by atoms with Crippen molar-refractivity contribution in [3.05, 3.63) is 63.9 Å². The molecule has 0 heterocycles. The van der Waals surface area contributed by atoms with Crippen LogP contribution in [0.1, 0.15) is 44.6 Å². The molecule has 0 saturated heterocycles. The van der Waals surface area contributed by atoms with Gasteiger partial charge in [0.1, 0.15) is 18.4 Å². The van der Waals surface area contributed by atoms with Crippen molar-refractivity contribution in [2.24, 2.45) is 0 Å². The monoisotopic (exact) mass is 557 g/mol. The zero-order valence-corrected chi connectivity index (χ0v) is 22.5. The van der Waals surface area contributed by atoms with E-state index in [1.54, 1.807) is 19.1 Å². The van der Waals surface area contributed by atoms with Gasteiger partial charge in [0.15, 0.2) is 0 Å². The van der Waals surface area contributed by atoms with E-state index in [2.05, 4.69) is 5.32 Å². The zero-order valence-electron chi connectivity index (χ0n) is 20.2. The Kier molecular flexibility index (Phi) is 9.60. The predicted molar refractivity (Wildman–Crippen MR) is 140 cm³/mol. The smallest absolute Gasteiger partial charge is 0.244 e. The van der Waals surface area contributed by atoms with Crippen molar-refractivity contribution in [1.82, 2.24) is 10.2 Å². The van der Waals surface area contributed by atoms with E-state index in [0.29, 0.717) is 15.6 Å². The number of anilines is 1. The summed E-state index contributed by atoms with van der Waals surface area (Å²) in [7, 11) is -3.94. The molecular formula is C25H30Cl2FN3O4S. The van der Waals surface area contributed by atoms with Gasteiger partial charge in [0.2, 0.25) is 21.8 Å². The lowest BCUT2D eigenvalue weighted by molar-refractivity contribution is -0.139. The summed E-state index contributed by atoms with van der Waals surface area (Å²) in [6.07, 6.45) is 5.86. The van der Waals surface area contributed by atoms with Crippen LogP contribution in [0.4, 0.5) is 10.1 Å². The van der Waals surface area contributed by atoms with Crippen LogP contribution in [0.3, 0.4) is 0 Å². The minimum Gasteiger partial charge on any atom is -0.352 e. The molecule has 36 heavy (non-hydrogen) atoms. The van der Waals surface area contributed by atoms with E-state index in [1.807, 2.05) is 0 Å². The lowest BCUT2D eigenvalue weighted by atomic mass is 9.95. The highest BCUT2D eigenvalue weighted by Crippen LogP contribution is 2.25. The lowest BCUT2D eigenvalue weighted by Gasteiger charge is -2.33. The summed E-state index contributed by atoms with van der Waals surface area (Å²) in [4.78, 5) is 28.0. The van der Waals surface area contributed by atoms with Gasteiger partial charge >= 0.3 is 0 Å². The maximum absolute atomic E-state index is 13.8. The van der Waals surface area contributed by atoms with Gasteiger partial charge in [-0.3, -0.25) is 13.9 Å². The van der Waals surface area contributed by atoms with Gasteiger partial charge in [-0.2, -0.15) is 0 Å². The fourth-order valence-corrected chi connectivity index (χ4v) is 5.54. The van der Waals surface area contributed by atoms with Crippen molar-refractivity contribution in [1.29, 1.82) is 0 Å². The molecule has 7 nitrogen and oxygen atoms in total. The molecular weight excluding hydrogens is 528 g/mol. The third-order valence-electron chi connectivity index (χ3n) is 6.25. The first-order valence-corrected chi connectivity index (χ1v) is 14.3. The van der Waals surface area contributed by atoms with Crippen LogP contribution in [-0.2, 0) is 26.2 Å². The molecule has 0 unspecified atom stereocenters. The molecule has 1 atom stereocenters. The van der Waals surface area contributed by atoms with Gasteiger partial charge in [-0.05, 0) is 55.7 Å². The highest BCUT2D eigenvalue weighted by atomic mass is 35.5. The Morgan fingerprint density at radius 2 is 1.81 bits per heavy atom. The van der Waals surface area contributed by atoms with Crippen LogP contribution in [0.2, 0.25) is 10.0 Å². The molecule has 0 radical (unpaired) electrons. The molecule has 11 heteroatoms. The Labute approximate surface area is 221 Å². The summed E-state index contributed by atoms with van der Waals surface area (Å²) in [6, 6.07) is 8.89. The SMILES string of the molecule is C[C@H](C(=O)NC1CCCCC1)N(Cc1ccc(Cl)cc1Cl)C(=O)CN(c1cccc(F)c1)S(C)(=O)=O. The molecule has 1 aliphatic rings. The van der Waals surface area contributed by atoms with E-state index < -0.39 is 34.3 Å². The second-order valence-electron chi connectivity index (χ2n) is 9.03. The van der Waals surface area contributed by atoms with E-state index >= 15 is 0 Å². The number of amides is 2. The normalized spacial score (nSPS) is 15.2. The van der Waals surface area contributed by atoms with Crippen LogP contribution >= 0.6 is 23.2 Å². The Morgan fingerprint density at radius 3 is 2.42 bits per heavy atom. The van der Waals surface area contributed by atoms with Gasteiger partial charge in [0, 0.05) is 22.6 Å². The first kappa shape index (κ1) is 28.2. The number of hydrogen-bond donors (Lipinski definition) is 1. The Hall–Kier alpha value is -2.36. The number of halogens is 3. The second kappa shape index (κ2) is 12.3. The molecule has 0 aromatic heterocycles. The van der Waals surface area contributed by atoms with Crippen molar-refractivity contribution in [2.75, 3.05) is 17.1 Å². The van der Waals surface area contributed by atoms with Crippen LogP contribution in [0.25, 0.3) is 0 Å². The largest absolute Gasteiger partial charge is 0.352 e. The van der Waals surface area contributed by atoms with Gasteiger partial charge in [0.25, 0.3) is 0 Å². The minimum absolute atomic E-state index is 0.00892. The summed E-state index contributed by atoms with van der Waals surface area (Å²) in [5.41, 5.74) is 0.554. The molecule has 2 aromatic carbocycles. The molecule has 2 aromatic rings. The van der Waals surface area contributed by atoms with Crippen molar-refractivity contribution in [3.63, 3.8) is 0 Å². The quantitative estimate of drug-likeness (QED) is 0.481. The van der Waals surface area contributed by atoms with Gasteiger partial charge in [-0.25, -0.2) is 12.8 Å². The molecule has 0 spiro atoms. The van der Waals surface area contributed by atoms with Gasteiger partial charge in [-0.15, -0.1) is 0 Å². The first-order chi connectivity index (χ1) is 17.0. The lowest BCUT2D eigenvalue weighted by Crippen LogP contribution is -2.53. The number of rotatable bonds is 9. The van der Waals surface area contributed by atoms with Crippen LogP contribution in [0, 0.1) is 5.82 Å². The number of carbonyl (C=O) groups is 2. The average molecular weight is 559 g/mol. The van der Waals surface area contributed by atoms with Crippen LogP contribution < -0.4 is 9.62 Å². The van der Waals surface area contributed by atoms with E-state index in [4.69, 9.17) is 23.2 Å². The molecule has 0 aliphatic heterocycles. The van der Waals surface area contributed by atoms with E-state index in [-0.39, 0.29) is 24.2 Å². The Morgan fingerprint density at radius 1 is 1.11 bits per heavy atom. The van der Waals surface area contributed by atoms with Crippen LogP contribution in [-0.4, -0.2) is 50.0 Å². The summed E-state index contributed by atoms with van der Waals surface area (Å²) >= 11 is 12.3. The molecule has 1 fully saturated rings. The molecule has 1 aliphatic carbocycles. The summed E-state index contributed by atoms with van der Waals surface area (Å²) in [6.45, 7) is 0.927. The number of nitrogens with zero attached hydrogens (tertiary/aromatic N) is 2. The zero-order chi connectivity index (χ0) is 26.5. The summed E-state index contributed by atoms with van der Waals surface area (Å²) in [5.74, 6) is -1.61. The van der Waals surface area contributed by atoms with Crippen molar-refractivity contribution < 1.29 is 22.4 Å². The predicted octanol–water partition coefficient (Wildman–Crippen LogP) is 4.76. The first-order valence-electron chi connectivity index (χ1n) is 11.7. The van der Waals surface area contributed by atoms with Gasteiger partial charge in [-0.1, -0.05) is 54.6 Å². The Balaban J connectivity index is 1.90. The molecule has 1 saturated carbocycles. The van der Waals surface area contributed by atoms with Crippen molar-refractivity contribution in [2.45, 2.75) is 57.7 Å². The van der Waals surface area contributed by atoms with Crippen molar-refractivity contribution in [3.8, 4) is 0 Å². The van der Waals surface area contributed by atoms with Crippen molar-refractivity contribution >= 4 is 50.7 Å². The highest BCUT2D eigenvalue weighted by molar-refractivity contribution is 7.92. The number of hydrogen-bond acceptors (Lipinski definition) is 4. The second-order valence-corrected chi connectivity index (χ2v) is 11.8. The fraction of sp³-hybridized carbons (Fsp3) is 0.440. The summed E-state index contributed by atoms with van der Waals surface area (Å²) in [5, 5.41) is 3.74. The fourth-order valence-electron chi connectivity index (χ4n) is 4.23. The Bertz CT molecular complexity index is 1210. The van der Waals surface area contributed by atoms with E-state index in [9.17, 15) is 22.4 Å². The van der Waals surface area contributed by atoms with Gasteiger partial charge in [0.05, 0.1) is 11.9 Å². The van der Waals surface area contributed by atoms with E-state index in [0.717, 1.165) is 48.7 Å². The minimum atomic E-state index is -3.94. The number of nitrogens with one attached hydrogen (secondary N) is 1. The highest BCUT2D eigenvalue weighted by Gasteiger charge is 2.31. The molecule has 3 rings (SSSR count). The third-order valence-corrected chi connectivity index (χ3v) is 7.98. The summed E-state index contributed by atoms with van der Waals surface area (Å²) < 4.78 is 39.7. The molecule has 2 amide bonds. The molecule has 1 N–H and O–H groups in total. The van der Waals surface area contributed by atoms with Crippen LogP contribution in [0.5, 0.6) is 0 Å². The number of sulfonamides is 1. The maximum atomic E-state index is 13.8. The molecule has 0 bridgehead atoms. The standard InChI is InChI=1S/C25H30Cl2FN3O4S/c1-17(25(33)29-21-8-4-3-5-9-21)30(15-18-11-12-19(26)13-23(18)27)24(32)16-31(36(2,34)35)22-10-6-7-20(28)14-22/h6-7,10-14,17,21H,3-5,8-9,15-16H2,1-2H3,(H,29,33)/t17-/m1/s1. The van der Waals surface area contributed by atoms with Gasteiger partial charge < -0.3 is 10.2 Å². The average Bonchev–Trinajstić information content (AvgIpc) is 2.81. The molecule has 196 valence electrons. The maximum Gasteiger partial charge on any atom is 0.244 e. The van der Waals surface area contributed by atoms with Crippen LogP contribution in [0.15, 0.2) is 42.5 Å². The van der Waals surface area contributed by atoms with E-state index in [1.165, 1.54) is 29.2 Å². The third kappa shape index (κ3) is 7.57.